The van der Waals surface area contributed by atoms with Crippen molar-refractivity contribution in [2.75, 3.05) is 5.75 Å². The molecule has 0 atom stereocenters. The molecule has 1 aliphatic rings. The molecule has 3 nitrogen and oxygen atoms in total. The summed E-state index contributed by atoms with van der Waals surface area (Å²) in [6.45, 7) is 4.14. The number of hydrogen-bond acceptors (Lipinski definition) is 3. The van der Waals surface area contributed by atoms with E-state index in [0.717, 1.165) is 16.6 Å². The fourth-order valence-corrected chi connectivity index (χ4v) is 3.12. The first-order valence-electron chi connectivity index (χ1n) is 6.75. The first-order chi connectivity index (χ1) is 9.74. The molecule has 2 aromatic rings. The van der Waals surface area contributed by atoms with Crippen molar-refractivity contribution < 1.29 is 0 Å². The predicted octanol–water partition coefficient (Wildman–Crippen LogP) is 3.64. The van der Waals surface area contributed by atoms with Crippen LogP contribution < -0.4 is 5.43 Å². The van der Waals surface area contributed by atoms with Crippen molar-refractivity contribution in [1.29, 1.82) is 0 Å². The van der Waals surface area contributed by atoms with Crippen molar-refractivity contribution in [1.82, 2.24) is 5.43 Å². The molecule has 102 valence electrons. The summed E-state index contributed by atoms with van der Waals surface area (Å²) in [7, 11) is 0. The van der Waals surface area contributed by atoms with Crippen LogP contribution in [-0.4, -0.2) is 22.7 Å². The molecule has 3 rings (SSSR count). The van der Waals surface area contributed by atoms with Crippen LogP contribution in [0.2, 0.25) is 0 Å². The van der Waals surface area contributed by atoms with Gasteiger partial charge in [-0.1, -0.05) is 54.2 Å². The summed E-state index contributed by atoms with van der Waals surface area (Å²) >= 11 is 1.71. The lowest BCUT2D eigenvalue weighted by Gasteiger charge is -2.16. The second-order valence-electron chi connectivity index (χ2n) is 5.01. The van der Waals surface area contributed by atoms with E-state index in [1.807, 2.05) is 0 Å². The van der Waals surface area contributed by atoms with Crippen molar-refractivity contribution in [3.63, 3.8) is 0 Å². The van der Waals surface area contributed by atoms with E-state index in [1.165, 1.54) is 16.3 Å². The molecule has 2 aromatic carbocycles. The van der Waals surface area contributed by atoms with Crippen LogP contribution in [0, 0.1) is 0 Å². The van der Waals surface area contributed by atoms with Gasteiger partial charge in [0.25, 0.3) is 0 Å². The topological polar surface area (TPSA) is 36.8 Å². The maximum Gasteiger partial charge on any atom is 0.177 e. The van der Waals surface area contributed by atoms with Gasteiger partial charge in [-0.05, 0) is 24.6 Å². The zero-order chi connectivity index (χ0) is 13.9. The zero-order valence-corrected chi connectivity index (χ0v) is 12.4. The molecule has 0 aliphatic carbocycles. The van der Waals surface area contributed by atoms with Crippen molar-refractivity contribution in [2.45, 2.75) is 19.9 Å². The Labute approximate surface area is 123 Å². The molecule has 0 saturated carbocycles. The fraction of sp³-hybridized carbons (Fsp3) is 0.250. The van der Waals surface area contributed by atoms with Crippen LogP contribution in [0.25, 0.3) is 10.8 Å². The number of amidine groups is 1. The summed E-state index contributed by atoms with van der Waals surface area (Å²) in [6.07, 6.45) is 0. The van der Waals surface area contributed by atoms with E-state index in [4.69, 9.17) is 0 Å². The smallest absolute Gasteiger partial charge is 0.177 e. The average Bonchev–Trinajstić information content (AvgIpc) is 2.47. The minimum Gasteiger partial charge on any atom is -0.258 e. The Morgan fingerprint density at radius 1 is 1.15 bits per heavy atom. The van der Waals surface area contributed by atoms with Crippen molar-refractivity contribution >= 4 is 33.4 Å². The standard InChI is InChI=1S/C16H17N3S/c1-11(2)17-16-19-18-15(10-20-16)14-9-5-7-12-6-3-4-8-13(12)14/h3-9,11H,10H2,1-2H3,(H,17,19). The van der Waals surface area contributed by atoms with E-state index in [2.05, 4.69) is 71.8 Å². The Morgan fingerprint density at radius 3 is 2.70 bits per heavy atom. The quantitative estimate of drug-likeness (QED) is 0.913. The normalized spacial score (nSPS) is 17.4. The number of thioether (sulfide) groups is 1. The molecule has 4 heteroatoms. The molecular formula is C16H17N3S. The first-order valence-corrected chi connectivity index (χ1v) is 7.74. The van der Waals surface area contributed by atoms with Gasteiger partial charge in [-0.3, -0.25) is 10.4 Å². The van der Waals surface area contributed by atoms with Crippen molar-refractivity contribution in [3.8, 4) is 0 Å². The molecule has 0 fully saturated rings. The molecule has 0 bridgehead atoms. The molecule has 0 saturated heterocycles. The third kappa shape index (κ3) is 2.70. The maximum absolute atomic E-state index is 4.50. The highest BCUT2D eigenvalue weighted by Gasteiger charge is 2.15. The summed E-state index contributed by atoms with van der Waals surface area (Å²) in [5, 5.41) is 7.91. The molecule has 0 unspecified atom stereocenters. The van der Waals surface area contributed by atoms with Gasteiger partial charge in [0.1, 0.15) is 0 Å². The number of hydrogen-bond donors (Lipinski definition) is 1. The Morgan fingerprint density at radius 2 is 1.95 bits per heavy atom. The SMILES string of the molecule is CC(C)N=C1NN=C(c2cccc3ccccc23)CS1. The van der Waals surface area contributed by atoms with Gasteiger partial charge < -0.3 is 0 Å². The van der Waals surface area contributed by atoms with Crippen LogP contribution in [0.1, 0.15) is 19.4 Å². The lowest BCUT2D eigenvalue weighted by atomic mass is 10.0. The van der Waals surface area contributed by atoms with Gasteiger partial charge in [0, 0.05) is 17.4 Å². The molecule has 0 spiro atoms. The molecule has 0 aromatic heterocycles. The molecule has 0 radical (unpaired) electrons. The monoisotopic (exact) mass is 283 g/mol. The van der Waals surface area contributed by atoms with Crippen LogP contribution in [0.3, 0.4) is 0 Å². The second-order valence-corrected chi connectivity index (χ2v) is 5.98. The minimum absolute atomic E-state index is 0.291. The van der Waals surface area contributed by atoms with Gasteiger partial charge in [-0.2, -0.15) is 5.10 Å². The summed E-state index contributed by atoms with van der Waals surface area (Å²) in [6, 6.07) is 15.1. The Bertz CT molecular complexity index is 684. The lowest BCUT2D eigenvalue weighted by molar-refractivity contribution is 0.826. The van der Waals surface area contributed by atoms with Crippen molar-refractivity contribution in [3.05, 3.63) is 48.0 Å². The lowest BCUT2D eigenvalue weighted by Crippen LogP contribution is -2.26. The third-order valence-corrected chi connectivity index (χ3v) is 4.00. The second kappa shape index (κ2) is 5.67. The van der Waals surface area contributed by atoms with Gasteiger partial charge in [0.05, 0.1) is 5.71 Å². The minimum atomic E-state index is 0.291. The van der Waals surface area contributed by atoms with Gasteiger partial charge in [0.15, 0.2) is 5.17 Å². The van der Waals surface area contributed by atoms with Crippen LogP contribution in [0.5, 0.6) is 0 Å². The van der Waals surface area contributed by atoms with Crippen LogP contribution >= 0.6 is 11.8 Å². The van der Waals surface area contributed by atoms with Gasteiger partial charge >= 0.3 is 0 Å². The van der Waals surface area contributed by atoms with Gasteiger partial charge in [-0.25, -0.2) is 0 Å². The highest BCUT2D eigenvalue weighted by Crippen LogP contribution is 2.22. The number of aliphatic imine (C=N–C) groups is 1. The van der Waals surface area contributed by atoms with E-state index in [0.29, 0.717) is 6.04 Å². The highest BCUT2D eigenvalue weighted by molar-refractivity contribution is 8.14. The van der Waals surface area contributed by atoms with Gasteiger partial charge in [0.2, 0.25) is 0 Å². The third-order valence-electron chi connectivity index (χ3n) is 3.11. The first kappa shape index (κ1) is 13.2. The number of fused-ring (bicyclic) bond motifs is 1. The average molecular weight is 283 g/mol. The van der Waals surface area contributed by atoms with E-state index in [9.17, 15) is 0 Å². The molecule has 20 heavy (non-hydrogen) atoms. The highest BCUT2D eigenvalue weighted by atomic mass is 32.2. The van der Waals surface area contributed by atoms with Crippen LogP contribution in [0.4, 0.5) is 0 Å². The Kier molecular flexibility index (Phi) is 3.74. The van der Waals surface area contributed by atoms with Gasteiger partial charge in [-0.15, -0.1) is 0 Å². The van der Waals surface area contributed by atoms with E-state index < -0.39 is 0 Å². The summed E-state index contributed by atoms with van der Waals surface area (Å²) in [4.78, 5) is 4.49. The van der Waals surface area contributed by atoms with E-state index in [-0.39, 0.29) is 0 Å². The molecule has 1 N–H and O–H groups in total. The summed E-state index contributed by atoms with van der Waals surface area (Å²) in [5.41, 5.74) is 5.34. The number of nitrogens with one attached hydrogen (secondary N) is 1. The molecule has 1 aliphatic heterocycles. The van der Waals surface area contributed by atoms with E-state index >= 15 is 0 Å². The molecule has 0 amide bonds. The Balaban J connectivity index is 1.95. The fourth-order valence-electron chi connectivity index (χ4n) is 2.23. The predicted molar refractivity (Wildman–Crippen MR) is 88.6 cm³/mol. The molecular weight excluding hydrogens is 266 g/mol. The summed E-state index contributed by atoms with van der Waals surface area (Å²) in [5.74, 6) is 0.854. The number of nitrogens with zero attached hydrogens (tertiary/aromatic N) is 2. The zero-order valence-electron chi connectivity index (χ0n) is 11.6. The largest absolute Gasteiger partial charge is 0.258 e. The van der Waals surface area contributed by atoms with E-state index in [1.54, 1.807) is 11.8 Å². The number of hydrazone groups is 1. The van der Waals surface area contributed by atoms with Crippen LogP contribution in [0.15, 0.2) is 52.6 Å². The maximum atomic E-state index is 4.50. The number of benzene rings is 2. The molecule has 1 heterocycles. The number of rotatable bonds is 2. The van der Waals surface area contributed by atoms with Crippen molar-refractivity contribution in [2.24, 2.45) is 10.1 Å². The summed E-state index contributed by atoms with van der Waals surface area (Å²) < 4.78 is 0. The Hall–Kier alpha value is -1.81. The van der Waals surface area contributed by atoms with Crippen LogP contribution in [-0.2, 0) is 0 Å².